The third-order valence-corrected chi connectivity index (χ3v) is 25.7. The summed E-state index contributed by atoms with van der Waals surface area (Å²) in [6, 6.07) is 7.12. The van der Waals surface area contributed by atoms with Crippen LogP contribution in [0.25, 0.3) is 0 Å². The lowest BCUT2D eigenvalue weighted by Gasteiger charge is -2.42. The molecule has 0 radical (unpaired) electrons. The van der Waals surface area contributed by atoms with E-state index in [9.17, 15) is 8.42 Å². The molecule has 348 valence electrons. The largest absolute Gasteiger partial charge is 0.414 e. The van der Waals surface area contributed by atoms with E-state index < -0.39 is 50.7 Å². The first-order chi connectivity index (χ1) is 28.3. The second kappa shape index (κ2) is 20.5. The normalized spacial score (nSPS) is 30.4. The van der Waals surface area contributed by atoms with E-state index in [1.807, 2.05) is 19.1 Å². The third kappa shape index (κ3) is 13.2. The fourth-order valence-corrected chi connectivity index (χ4v) is 12.8. The van der Waals surface area contributed by atoms with Gasteiger partial charge in [-0.05, 0) is 104 Å². The van der Waals surface area contributed by atoms with E-state index >= 15 is 0 Å². The minimum atomic E-state index is -3.70. The molecular formula is C48H82O10SSi2. The zero-order chi connectivity index (χ0) is 45.1. The molecular weight excluding hydrogens is 825 g/mol. The molecule has 1 aromatic rings. The Balaban J connectivity index is 1.35. The van der Waals surface area contributed by atoms with Crippen molar-refractivity contribution in [1.82, 2.24) is 0 Å². The summed E-state index contributed by atoms with van der Waals surface area (Å²) < 4.78 is 80.6. The van der Waals surface area contributed by atoms with Gasteiger partial charge >= 0.3 is 0 Å². The van der Waals surface area contributed by atoms with Gasteiger partial charge in [0, 0.05) is 32.3 Å². The van der Waals surface area contributed by atoms with Crippen molar-refractivity contribution in [2.24, 2.45) is 11.8 Å². The Morgan fingerprint density at radius 1 is 0.820 bits per heavy atom. The predicted octanol–water partition coefficient (Wildman–Crippen LogP) is 10.4. The molecule has 0 N–H and O–H groups in total. The summed E-state index contributed by atoms with van der Waals surface area (Å²) in [6.07, 6.45) is 4.20. The Morgan fingerprint density at radius 2 is 1.43 bits per heavy atom. The maximum Gasteiger partial charge on any atom is 0.192 e. The van der Waals surface area contributed by atoms with Crippen molar-refractivity contribution in [3.05, 3.63) is 54.1 Å². The van der Waals surface area contributed by atoms with Gasteiger partial charge in [-0.2, -0.15) is 0 Å². The van der Waals surface area contributed by atoms with Crippen molar-refractivity contribution in [3.8, 4) is 0 Å². The van der Waals surface area contributed by atoms with E-state index in [1.165, 1.54) is 0 Å². The molecule has 61 heavy (non-hydrogen) atoms. The molecule has 0 bridgehead atoms. The molecule has 13 heteroatoms. The van der Waals surface area contributed by atoms with E-state index in [0.29, 0.717) is 37.6 Å². The minimum Gasteiger partial charge on any atom is -0.414 e. The Morgan fingerprint density at radius 3 is 2.03 bits per heavy atom. The van der Waals surface area contributed by atoms with E-state index in [1.54, 1.807) is 19.2 Å². The first-order valence-corrected chi connectivity index (χ1v) is 30.5. The van der Waals surface area contributed by atoms with Crippen LogP contribution in [-0.2, 0) is 47.1 Å². The second-order valence-electron chi connectivity index (χ2n) is 21.6. The lowest BCUT2D eigenvalue weighted by Crippen LogP contribution is -2.49. The highest BCUT2D eigenvalue weighted by Crippen LogP contribution is 2.44. The number of hydrogen-bond donors (Lipinski definition) is 0. The molecule has 4 heterocycles. The SMILES string of the molecule is C=C1C[C@H](CCC2OCCO2)O[C@H]1CC[C@H]1C[C@H](C)C(=C)[C@@H](C[C@@H]2O[C@H](CC(CO[Si](C)(C)C(C)(C)C)O[Si](C)(C)C(C)(C)C)[C@@H](OC)[C@H]2CS(=O)(=O)c2ccc(C)cc2)O1. The van der Waals surface area contributed by atoms with E-state index in [0.717, 1.165) is 55.2 Å². The van der Waals surface area contributed by atoms with Crippen LogP contribution < -0.4 is 0 Å². The smallest absolute Gasteiger partial charge is 0.192 e. The highest BCUT2D eigenvalue weighted by molar-refractivity contribution is 7.91. The molecule has 4 aliphatic rings. The molecule has 10 nitrogen and oxygen atoms in total. The van der Waals surface area contributed by atoms with E-state index in [2.05, 4.69) is 87.8 Å². The summed E-state index contributed by atoms with van der Waals surface area (Å²) in [5.41, 5.74) is 3.17. The molecule has 0 saturated carbocycles. The molecule has 10 atom stereocenters. The summed E-state index contributed by atoms with van der Waals surface area (Å²) in [4.78, 5) is 0.308. The van der Waals surface area contributed by atoms with Gasteiger partial charge in [-0.1, -0.05) is 79.3 Å². The quantitative estimate of drug-likeness (QED) is 0.0984. The van der Waals surface area contributed by atoms with Crippen LogP contribution in [-0.4, -0.2) is 113 Å². The molecule has 4 saturated heterocycles. The van der Waals surface area contributed by atoms with Crippen molar-refractivity contribution in [3.63, 3.8) is 0 Å². The number of methoxy groups -OCH3 is 1. The van der Waals surface area contributed by atoms with Gasteiger partial charge in [0.2, 0.25) is 0 Å². The van der Waals surface area contributed by atoms with Crippen molar-refractivity contribution < 1.29 is 45.7 Å². The summed E-state index contributed by atoms with van der Waals surface area (Å²) in [7, 11) is -6.38. The summed E-state index contributed by atoms with van der Waals surface area (Å²) in [5, 5.41) is 0.0172. The highest BCUT2D eigenvalue weighted by Gasteiger charge is 2.50. The number of aryl methyl sites for hydroxylation is 1. The number of benzene rings is 1. The molecule has 4 aliphatic heterocycles. The van der Waals surface area contributed by atoms with Crippen LogP contribution in [0.3, 0.4) is 0 Å². The van der Waals surface area contributed by atoms with E-state index in [-0.39, 0.29) is 58.6 Å². The van der Waals surface area contributed by atoms with Crippen molar-refractivity contribution in [2.45, 2.75) is 203 Å². The molecule has 5 rings (SSSR count). The van der Waals surface area contributed by atoms with Gasteiger partial charge < -0.3 is 37.3 Å². The van der Waals surface area contributed by atoms with Crippen LogP contribution in [0.2, 0.25) is 36.3 Å². The zero-order valence-electron chi connectivity index (χ0n) is 40.1. The molecule has 1 unspecified atom stereocenters. The third-order valence-electron chi connectivity index (χ3n) is 14.8. The molecule has 0 amide bonds. The minimum absolute atomic E-state index is 0.00116. The highest BCUT2D eigenvalue weighted by atomic mass is 32.2. The Labute approximate surface area is 372 Å². The van der Waals surface area contributed by atoms with Gasteiger partial charge in [0.05, 0.1) is 79.3 Å². The van der Waals surface area contributed by atoms with Crippen molar-refractivity contribution >= 4 is 26.5 Å². The average Bonchev–Trinajstić information content (AvgIpc) is 3.88. The zero-order valence-corrected chi connectivity index (χ0v) is 42.9. The summed E-state index contributed by atoms with van der Waals surface area (Å²) >= 11 is 0. The maximum absolute atomic E-state index is 14.2. The van der Waals surface area contributed by atoms with Gasteiger partial charge in [0.15, 0.2) is 32.8 Å². The second-order valence-corrected chi connectivity index (χ2v) is 33.2. The molecule has 0 aliphatic carbocycles. The summed E-state index contributed by atoms with van der Waals surface area (Å²) in [5.74, 6) is -0.324. The van der Waals surface area contributed by atoms with Gasteiger partial charge in [-0.25, -0.2) is 8.42 Å². The van der Waals surface area contributed by atoms with Crippen molar-refractivity contribution in [2.75, 3.05) is 32.7 Å². The number of sulfone groups is 1. The topological polar surface area (TPSA) is 108 Å². The Bertz CT molecular complexity index is 1710. The molecule has 1 aromatic carbocycles. The molecule has 4 fully saturated rings. The first-order valence-electron chi connectivity index (χ1n) is 23.0. The van der Waals surface area contributed by atoms with Gasteiger partial charge in [0.25, 0.3) is 0 Å². The van der Waals surface area contributed by atoms with Crippen LogP contribution in [0.4, 0.5) is 0 Å². The number of hydrogen-bond acceptors (Lipinski definition) is 10. The average molecular weight is 907 g/mol. The van der Waals surface area contributed by atoms with Gasteiger partial charge in [-0.15, -0.1) is 0 Å². The monoisotopic (exact) mass is 907 g/mol. The van der Waals surface area contributed by atoms with Crippen LogP contribution in [0.1, 0.15) is 105 Å². The van der Waals surface area contributed by atoms with E-state index in [4.69, 9.17) is 37.3 Å². The standard InChI is InChI=1S/C48H82O10SSi2/c1-32-16-20-39(21-17-32)59(49,50)31-40-43(57-44(46(40)51-11)28-38(58-61(14,15)48(8,9)10)30-54-60(12,13)47(5,6)7)29-42-35(4)33(2)26-36(56-42)18-22-41-34(3)27-37(55-41)19-23-45-52-24-25-53-45/h16-17,20-21,33,36-38,40-46H,3-4,18-19,22-31H2,1-2,5-15H3/t33-,36-,37-,38?,40-,41-,42+,43-,44+,46-/m0/s1. The van der Waals surface area contributed by atoms with Crippen molar-refractivity contribution in [1.29, 1.82) is 0 Å². The van der Waals surface area contributed by atoms with Gasteiger partial charge in [-0.3, -0.25) is 0 Å². The van der Waals surface area contributed by atoms with Gasteiger partial charge in [0.1, 0.15) is 0 Å². The van der Waals surface area contributed by atoms with Crippen LogP contribution in [0.15, 0.2) is 53.5 Å². The number of rotatable bonds is 19. The maximum atomic E-state index is 14.2. The number of ether oxygens (including phenoxy) is 6. The Hall–Kier alpha value is -1.24. The molecule has 0 spiro atoms. The lowest BCUT2D eigenvalue weighted by atomic mass is 9.83. The lowest BCUT2D eigenvalue weighted by molar-refractivity contribution is -0.0791. The predicted molar refractivity (Wildman–Crippen MR) is 249 cm³/mol. The fourth-order valence-electron chi connectivity index (χ4n) is 8.77. The van der Waals surface area contributed by atoms with Crippen LogP contribution >= 0.6 is 0 Å². The first kappa shape index (κ1) is 50.8. The summed E-state index contributed by atoms with van der Waals surface area (Å²) in [6.45, 7) is 37.4. The molecule has 0 aromatic heterocycles. The fraction of sp³-hybridized carbons (Fsp3) is 0.792. The Kier molecular flexibility index (Phi) is 17.1. The van der Waals surface area contributed by atoms with Crippen LogP contribution in [0.5, 0.6) is 0 Å². The van der Waals surface area contributed by atoms with Crippen LogP contribution in [0, 0.1) is 18.8 Å².